The molecular weight excluding hydrogens is 377 g/mol. The zero-order valence-corrected chi connectivity index (χ0v) is 16.7. The zero-order valence-electron chi connectivity index (χ0n) is 16.7. The standard InChI is InChI=1S/C24H25F3O2/c1-3-5-14-6-8-15(9-7-14)18-13-17-12-16-10-11-19(28-4-2)21(26)23(16)29-24(17)22(27)20(18)25/h3,5,10-11,13-15H,4,6-9,12H2,1-2H3/b5-3+. The topological polar surface area (TPSA) is 18.5 Å². The molecule has 0 spiro atoms. The van der Waals surface area contributed by atoms with Gasteiger partial charge in [0.1, 0.15) is 0 Å². The first-order valence-corrected chi connectivity index (χ1v) is 10.3. The number of fused-ring (bicyclic) bond motifs is 2. The van der Waals surface area contributed by atoms with E-state index in [4.69, 9.17) is 9.47 Å². The zero-order chi connectivity index (χ0) is 20.5. The number of allylic oxidation sites excluding steroid dienone is 2. The van der Waals surface area contributed by atoms with Crippen LogP contribution < -0.4 is 9.47 Å². The van der Waals surface area contributed by atoms with E-state index in [2.05, 4.69) is 12.2 Å². The molecule has 1 aliphatic heterocycles. The molecule has 0 atom stereocenters. The Labute approximate surface area is 169 Å². The predicted molar refractivity (Wildman–Crippen MR) is 106 cm³/mol. The van der Waals surface area contributed by atoms with Crippen LogP contribution in [0.15, 0.2) is 30.4 Å². The van der Waals surface area contributed by atoms with Crippen LogP contribution in [-0.2, 0) is 6.42 Å². The average Bonchev–Trinajstić information content (AvgIpc) is 2.73. The van der Waals surface area contributed by atoms with Gasteiger partial charge in [-0.1, -0.05) is 18.2 Å². The predicted octanol–water partition coefficient (Wildman–Crippen LogP) is 7.05. The molecule has 1 heterocycles. The molecule has 2 aromatic carbocycles. The summed E-state index contributed by atoms with van der Waals surface area (Å²) in [7, 11) is 0. The molecule has 154 valence electrons. The first-order chi connectivity index (χ1) is 14.0. The molecule has 2 nitrogen and oxygen atoms in total. The maximum atomic E-state index is 14.9. The van der Waals surface area contributed by atoms with Crippen molar-refractivity contribution >= 4 is 0 Å². The fourth-order valence-electron chi connectivity index (χ4n) is 4.52. The highest BCUT2D eigenvalue weighted by molar-refractivity contribution is 5.55. The van der Waals surface area contributed by atoms with Crippen molar-refractivity contribution < 1.29 is 22.6 Å². The van der Waals surface area contributed by atoms with Crippen molar-refractivity contribution in [3.63, 3.8) is 0 Å². The van der Waals surface area contributed by atoms with Gasteiger partial charge in [-0.15, -0.1) is 0 Å². The number of hydrogen-bond acceptors (Lipinski definition) is 2. The minimum Gasteiger partial charge on any atom is -0.491 e. The number of halogens is 3. The summed E-state index contributed by atoms with van der Waals surface area (Å²) in [6, 6.07) is 4.98. The molecule has 5 heteroatoms. The Morgan fingerprint density at radius 2 is 1.72 bits per heavy atom. The summed E-state index contributed by atoms with van der Waals surface area (Å²) < 4.78 is 55.2. The molecule has 0 N–H and O–H groups in total. The summed E-state index contributed by atoms with van der Waals surface area (Å²) in [6.07, 6.45) is 8.13. The fraction of sp³-hybridized carbons (Fsp3) is 0.417. The lowest BCUT2D eigenvalue weighted by Gasteiger charge is -2.29. The van der Waals surface area contributed by atoms with Crippen molar-refractivity contribution in [1.82, 2.24) is 0 Å². The van der Waals surface area contributed by atoms with Crippen LogP contribution in [-0.4, -0.2) is 6.61 Å². The third-order valence-electron chi connectivity index (χ3n) is 5.97. The Hall–Kier alpha value is -2.43. The molecule has 1 saturated carbocycles. The molecule has 0 saturated heterocycles. The summed E-state index contributed by atoms with van der Waals surface area (Å²) in [5.74, 6) is -2.32. The van der Waals surface area contributed by atoms with Gasteiger partial charge in [-0.2, -0.15) is 8.78 Å². The number of rotatable bonds is 4. The third-order valence-corrected chi connectivity index (χ3v) is 5.97. The van der Waals surface area contributed by atoms with Crippen LogP contribution in [0.4, 0.5) is 13.2 Å². The first-order valence-electron chi connectivity index (χ1n) is 10.3. The Morgan fingerprint density at radius 3 is 2.41 bits per heavy atom. The Kier molecular flexibility index (Phi) is 5.57. The van der Waals surface area contributed by atoms with E-state index in [0.717, 1.165) is 25.7 Å². The lowest BCUT2D eigenvalue weighted by molar-refractivity contribution is 0.309. The minimum absolute atomic E-state index is 0.00484. The molecule has 4 rings (SSSR count). The maximum Gasteiger partial charge on any atom is 0.207 e. The van der Waals surface area contributed by atoms with E-state index in [9.17, 15) is 13.2 Å². The highest BCUT2D eigenvalue weighted by atomic mass is 19.2. The van der Waals surface area contributed by atoms with E-state index in [1.165, 1.54) is 0 Å². The Morgan fingerprint density at radius 1 is 1.00 bits per heavy atom. The van der Waals surface area contributed by atoms with E-state index in [1.807, 2.05) is 6.92 Å². The van der Waals surface area contributed by atoms with E-state index in [1.54, 1.807) is 25.1 Å². The smallest absolute Gasteiger partial charge is 0.207 e. The fourth-order valence-corrected chi connectivity index (χ4v) is 4.52. The molecule has 29 heavy (non-hydrogen) atoms. The number of ether oxygens (including phenoxy) is 2. The number of hydrogen-bond donors (Lipinski definition) is 0. The number of benzene rings is 2. The molecule has 0 radical (unpaired) electrons. The van der Waals surface area contributed by atoms with Crippen molar-refractivity contribution in [3.8, 4) is 17.2 Å². The second-order valence-corrected chi connectivity index (χ2v) is 7.80. The second kappa shape index (κ2) is 8.13. The summed E-state index contributed by atoms with van der Waals surface area (Å²) in [5, 5.41) is 0. The van der Waals surface area contributed by atoms with E-state index < -0.39 is 17.5 Å². The molecule has 0 amide bonds. The van der Waals surface area contributed by atoms with E-state index >= 15 is 0 Å². The molecule has 0 aromatic heterocycles. The first kappa shape index (κ1) is 19.9. The van der Waals surface area contributed by atoms with Crippen molar-refractivity contribution in [1.29, 1.82) is 0 Å². The highest BCUT2D eigenvalue weighted by Crippen LogP contribution is 2.46. The van der Waals surface area contributed by atoms with Gasteiger partial charge in [0.15, 0.2) is 23.1 Å². The molecule has 1 fully saturated rings. The normalized spacial score (nSPS) is 20.9. The second-order valence-electron chi connectivity index (χ2n) is 7.80. The largest absolute Gasteiger partial charge is 0.491 e. The third kappa shape index (κ3) is 3.63. The van der Waals surface area contributed by atoms with Gasteiger partial charge in [0.25, 0.3) is 0 Å². The van der Waals surface area contributed by atoms with Gasteiger partial charge in [-0.25, -0.2) is 4.39 Å². The Balaban J connectivity index is 1.65. The van der Waals surface area contributed by atoms with Crippen LogP contribution in [0, 0.1) is 23.4 Å². The molecule has 0 unspecified atom stereocenters. The minimum atomic E-state index is -1.03. The lowest BCUT2D eigenvalue weighted by Crippen LogP contribution is -2.16. The van der Waals surface area contributed by atoms with Crippen LogP contribution in [0.25, 0.3) is 0 Å². The molecule has 2 aromatic rings. The van der Waals surface area contributed by atoms with Gasteiger partial charge >= 0.3 is 0 Å². The Bertz CT molecular complexity index is 944. The molecular formula is C24H25F3O2. The summed E-state index contributed by atoms with van der Waals surface area (Å²) in [6.45, 7) is 4.05. The van der Waals surface area contributed by atoms with Gasteiger partial charge in [0, 0.05) is 17.5 Å². The van der Waals surface area contributed by atoms with Gasteiger partial charge in [-0.05, 0) is 69.1 Å². The van der Waals surface area contributed by atoms with Crippen LogP contribution in [0.2, 0.25) is 0 Å². The maximum absolute atomic E-state index is 14.9. The summed E-state index contributed by atoms with van der Waals surface area (Å²) in [4.78, 5) is 0. The van der Waals surface area contributed by atoms with Crippen molar-refractivity contribution in [2.24, 2.45) is 5.92 Å². The average molecular weight is 402 g/mol. The van der Waals surface area contributed by atoms with Crippen molar-refractivity contribution in [2.75, 3.05) is 6.61 Å². The van der Waals surface area contributed by atoms with Crippen LogP contribution in [0.5, 0.6) is 17.2 Å². The van der Waals surface area contributed by atoms with Gasteiger partial charge in [0.2, 0.25) is 11.6 Å². The summed E-state index contributed by atoms with van der Waals surface area (Å²) in [5.41, 5.74) is 1.58. The monoisotopic (exact) mass is 402 g/mol. The molecule has 1 aliphatic carbocycles. The van der Waals surface area contributed by atoms with Crippen molar-refractivity contribution in [3.05, 3.63) is 64.5 Å². The van der Waals surface area contributed by atoms with Gasteiger partial charge in [-0.3, -0.25) is 0 Å². The van der Waals surface area contributed by atoms with E-state index in [-0.39, 0.29) is 23.2 Å². The highest BCUT2D eigenvalue weighted by Gasteiger charge is 2.31. The van der Waals surface area contributed by atoms with Crippen molar-refractivity contribution in [2.45, 2.75) is 51.9 Å². The van der Waals surface area contributed by atoms with E-state index in [0.29, 0.717) is 35.6 Å². The summed E-state index contributed by atoms with van der Waals surface area (Å²) >= 11 is 0. The SMILES string of the molecule is C/C=C/C1CCC(c2cc3c(c(F)c2F)Oc2c(ccc(OCC)c2F)C3)CC1. The van der Waals surface area contributed by atoms with Gasteiger partial charge < -0.3 is 9.47 Å². The lowest BCUT2D eigenvalue weighted by atomic mass is 9.77. The van der Waals surface area contributed by atoms with Gasteiger partial charge in [0.05, 0.1) is 6.61 Å². The van der Waals surface area contributed by atoms with Crippen LogP contribution in [0.3, 0.4) is 0 Å². The molecule has 2 aliphatic rings. The quantitative estimate of drug-likeness (QED) is 0.435. The molecule has 0 bridgehead atoms. The van der Waals surface area contributed by atoms with Crippen LogP contribution >= 0.6 is 0 Å². The van der Waals surface area contributed by atoms with Crippen LogP contribution in [0.1, 0.15) is 62.1 Å².